The van der Waals surface area contributed by atoms with Crippen LogP contribution in [0.1, 0.15) is 19.3 Å². The average Bonchev–Trinajstić information content (AvgIpc) is 2.58. The second kappa shape index (κ2) is 7.28. The third-order valence-corrected chi connectivity index (χ3v) is 7.71. The van der Waals surface area contributed by atoms with Gasteiger partial charge in [0.15, 0.2) is 5.82 Å². The van der Waals surface area contributed by atoms with Crippen molar-refractivity contribution in [2.24, 2.45) is 11.8 Å². The largest absolute Gasteiger partial charge is 0.246 e. The molecule has 1 aliphatic carbocycles. The van der Waals surface area contributed by atoms with Crippen molar-refractivity contribution in [1.29, 1.82) is 0 Å². The maximum absolute atomic E-state index is 14.1. The summed E-state index contributed by atoms with van der Waals surface area (Å²) in [4.78, 5) is -0.341. The van der Waals surface area contributed by atoms with Crippen molar-refractivity contribution in [3.8, 4) is 0 Å². The predicted octanol–water partition coefficient (Wildman–Crippen LogP) is 4.73. The van der Waals surface area contributed by atoms with Crippen LogP contribution < -0.4 is 0 Å². The first kappa shape index (κ1) is 18.1. The minimum atomic E-state index is -3.85. The Morgan fingerprint density at radius 1 is 1.25 bits per heavy atom. The van der Waals surface area contributed by atoms with Gasteiger partial charge in [-0.2, -0.15) is 4.31 Å². The topological polar surface area (TPSA) is 37.4 Å². The van der Waals surface area contributed by atoms with Crippen molar-refractivity contribution in [3.05, 3.63) is 51.7 Å². The molecule has 1 aromatic carbocycles. The highest BCUT2D eigenvalue weighted by atomic mass is 79.9. The van der Waals surface area contributed by atoms with E-state index in [1.165, 1.54) is 27.0 Å². The second-order valence-corrected chi connectivity index (χ2v) is 9.30. The SMILES string of the molecule is O=S(=O)(c1cccc(Cl)c1F)N1CCC(C2C=CCC=C2Br)CC1. The third kappa shape index (κ3) is 3.47. The van der Waals surface area contributed by atoms with Crippen molar-refractivity contribution in [1.82, 2.24) is 4.31 Å². The molecule has 0 radical (unpaired) electrons. The van der Waals surface area contributed by atoms with Gasteiger partial charge in [0.05, 0.1) is 5.02 Å². The van der Waals surface area contributed by atoms with Gasteiger partial charge in [0, 0.05) is 19.0 Å². The van der Waals surface area contributed by atoms with Gasteiger partial charge >= 0.3 is 0 Å². The molecule has 0 amide bonds. The monoisotopic (exact) mass is 433 g/mol. The molecule has 1 heterocycles. The lowest BCUT2D eigenvalue weighted by Gasteiger charge is -2.35. The van der Waals surface area contributed by atoms with Gasteiger partial charge < -0.3 is 0 Å². The first-order valence-corrected chi connectivity index (χ1v) is 10.5. The van der Waals surface area contributed by atoms with Crippen LogP contribution in [0.25, 0.3) is 0 Å². The van der Waals surface area contributed by atoms with Crippen LogP contribution in [-0.2, 0) is 10.0 Å². The molecule has 130 valence electrons. The summed E-state index contributed by atoms with van der Waals surface area (Å²) >= 11 is 9.34. The zero-order valence-electron chi connectivity index (χ0n) is 13.0. The van der Waals surface area contributed by atoms with Crippen LogP contribution in [0.4, 0.5) is 4.39 Å². The summed E-state index contributed by atoms with van der Waals surface area (Å²) in [5.41, 5.74) is 0. The van der Waals surface area contributed by atoms with E-state index in [-0.39, 0.29) is 9.92 Å². The number of halogens is 3. The molecule has 0 spiro atoms. The van der Waals surface area contributed by atoms with Crippen LogP contribution in [0.15, 0.2) is 45.8 Å². The number of hydrogen-bond acceptors (Lipinski definition) is 2. The van der Waals surface area contributed by atoms with E-state index in [1.807, 2.05) is 0 Å². The maximum atomic E-state index is 14.1. The van der Waals surface area contributed by atoms with Crippen LogP contribution in [0, 0.1) is 17.7 Å². The first-order chi connectivity index (χ1) is 11.4. The zero-order chi connectivity index (χ0) is 17.3. The summed E-state index contributed by atoms with van der Waals surface area (Å²) < 4.78 is 42.0. The Hall–Kier alpha value is -0.690. The lowest BCUT2D eigenvalue weighted by Crippen LogP contribution is -2.40. The molecule has 1 saturated heterocycles. The van der Waals surface area contributed by atoms with Gasteiger partial charge in [0.2, 0.25) is 10.0 Å². The molecule has 1 fully saturated rings. The van der Waals surface area contributed by atoms with E-state index in [2.05, 4.69) is 34.2 Å². The van der Waals surface area contributed by atoms with E-state index in [0.717, 1.165) is 19.3 Å². The van der Waals surface area contributed by atoms with Gasteiger partial charge in [0.25, 0.3) is 0 Å². The van der Waals surface area contributed by atoms with Crippen LogP contribution in [-0.4, -0.2) is 25.8 Å². The van der Waals surface area contributed by atoms with E-state index in [4.69, 9.17) is 11.6 Å². The van der Waals surface area contributed by atoms with Crippen LogP contribution in [0.5, 0.6) is 0 Å². The minimum absolute atomic E-state index is 0.174. The quantitative estimate of drug-likeness (QED) is 0.645. The standard InChI is InChI=1S/C17H18BrClFNO2S/c18-14-5-2-1-4-13(14)12-8-10-21(11-9-12)24(22,23)16-7-3-6-15(19)17(16)20/h1,3-7,12-13H,2,8-11H2. The highest BCUT2D eigenvalue weighted by Gasteiger charge is 2.34. The Morgan fingerprint density at radius 2 is 1.96 bits per heavy atom. The Labute approximate surface area is 155 Å². The smallest absolute Gasteiger partial charge is 0.207 e. The summed E-state index contributed by atoms with van der Waals surface area (Å²) in [5.74, 6) is -0.170. The number of rotatable bonds is 3. The van der Waals surface area contributed by atoms with Crippen LogP contribution >= 0.6 is 27.5 Å². The highest BCUT2D eigenvalue weighted by molar-refractivity contribution is 9.11. The highest BCUT2D eigenvalue weighted by Crippen LogP contribution is 2.37. The van der Waals surface area contributed by atoms with Crippen molar-refractivity contribution in [3.63, 3.8) is 0 Å². The molecule has 0 aromatic heterocycles. The molecule has 0 bridgehead atoms. The fourth-order valence-corrected chi connectivity index (χ4v) is 5.81. The lowest BCUT2D eigenvalue weighted by molar-refractivity contribution is 0.248. The van der Waals surface area contributed by atoms with Gasteiger partial charge in [-0.15, -0.1) is 0 Å². The van der Waals surface area contributed by atoms with Crippen LogP contribution in [0.3, 0.4) is 0 Å². The molecule has 1 atom stereocenters. The molecule has 1 aliphatic heterocycles. The van der Waals surface area contributed by atoms with E-state index < -0.39 is 15.8 Å². The van der Waals surface area contributed by atoms with Gasteiger partial charge in [-0.25, -0.2) is 12.8 Å². The Balaban J connectivity index is 1.74. The molecule has 0 saturated carbocycles. The lowest BCUT2D eigenvalue weighted by atomic mass is 9.83. The van der Waals surface area contributed by atoms with Crippen molar-refractivity contribution in [2.45, 2.75) is 24.2 Å². The molecular formula is C17H18BrClFNO2S. The van der Waals surface area contributed by atoms with Crippen molar-refractivity contribution in [2.75, 3.05) is 13.1 Å². The van der Waals surface area contributed by atoms with Gasteiger partial charge in [-0.3, -0.25) is 0 Å². The summed E-state index contributed by atoms with van der Waals surface area (Å²) in [5, 5.41) is -0.174. The van der Waals surface area contributed by atoms with Crippen molar-refractivity contribution < 1.29 is 12.8 Å². The summed E-state index contributed by atoms with van der Waals surface area (Å²) in [7, 11) is -3.85. The minimum Gasteiger partial charge on any atom is -0.207 e. The number of piperidine rings is 1. The number of nitrogens with zero attached hydrogens (tertiary/aromatic N) is 1. The average molecular weight is 435 g/mol. The predicted molar refractivity (Wildman–Crippen MR) is 97.1 cm³/mol. The second-order valence-electron chi connectivity index (χ2n) is 6.07. The maximum Gasteiger partial charge on any atom is 0.246 e. The third-order valence-electron chi connectivity index (χ3n) is 4.65. The molecule has 3 nitrogen and oxygen atoms in total. The number of sulfonamides is 1. The molecule has 7 heteroatoms. The molecule has 1 aromatic rings. The first-order valence-electron chi connectivity index (χ1n) is 7.87. The van der Waals surface area contributed by atoms with Crippen molar-refractivity contribution >= 4 is 37.6 Å². The molecule has 1 unspecified atom stereocenters. The summed E-state index contributed by atoms with van der Waals surface area (Å²) in [6.07, 6.45) is 8.90. The Morgan fingerprint density at radius 3 is 2.62 bits per heavy atom. The number of benzene rings is 1. The Kier molecular flexibility index (Phi) is 5.49. The van der Waals surface area contributed by atoms with Gasteiger partial charge in [0.1, 0.15) is 4.90 Å². The molecule has 24 heavy (non-hydrogen) atoms. The van der Waals surface area contributed by atoms with E-state index in [1.54, 1.807) is 0 Å². The molecule has 3 rings (SSSR count). The van der Waals surface area contributed by atoms with E-state index in [9.17, 15) is 12.8 Å². The van der Waals surface area contributed by atoms with E-state index in [0.29, 0.717) is 24.9 Å². The number of allylic oxidation sites excluding steroid dienone is 4. The normalized spacial score (nSPS) is 23.3. The van der Waals surface area contributed by atoms with E-state index >= 15 is 0 Å². The number of hydrogen-bond donors (Lipinski definition) is 0. The fourth-order valence-electron chi connectivity index (χ4n) is 3.31. The Bertz CT molecular complexity index is 786. The van der Waals surface area contributed by atoms with Gasteiger partial charge in [-0.05, 0) is 41.8 Å². The van der Waals surface area contributed by atoms with Crippen LogP contribution in [0.2, 0.25) is 5.02 Å². The van der Waals surface area contributed by atoms with Gasteiger partial charge in [-0.1, -0.05) is 51.8 Å². The zero-order valence-corrected chi connectivity index (χ0v) is 16.1. The molecular weight excluding hydrogens is 417 g/mol. The summed E-state index contributed by atoms with van der Waals surface area (Å²) in [6, 6.07) is 4.08. The molecule has 0 N–H and O–H groups in total. The molecule has 2 aliphatic rings. The summed E-state index contributed by atoms with van der Waals surface area (Å²) in [6.45, 7) is 0.785. The fraction of sp³-hybridized carbons (Fsp3) is 0.412.